The fraction of sp³-hybridized carbons (Fsp3) is 0.333. The third-order valence-electron chi connectivity index (χ3n) is 5.47. The van der Waals surface area contributed by atoms with E-state index in [2.05, 4.69) is 15.4 Å². The van der Waals surface area contributed by atoms with E-state index in [4.69, 9.17) is 33.7 Å². The molecule has 0 amide bonds. The van der Waals surface area contributed by atoms with Crippen LogP contribution in [-0.2, 0) is 6.54 Å². The van der Waals surface area contributed by atoms with Gasteiger partial charge in [0, 0.05) is 40.7 Å². The first-order chi connectivity index (χ1) is 15.6. The van der Waals surface area contributed by atoms with Gasteiger partial charge in [-0.1, -0.05) is 23.2 Å². The predicted octanol–water partition coefficient (Wildman–Crippen LogP) is 4.08. The summed E-state index contributed by atoms with van der Waals surface area (Å²) >= 11 is 12.2. The Labute approximate surface area is 197 Å². The topological polar surface area (TPSA) is 98.2 Å². The van der Waals surface area contributed by atoms with E-state index in [1.807, 2.05) is 0 Å². The van der Waals surface area contributed by atoms with Gasteiger partial charge in [-0.2, -0.15) is 5.10 Å². The Morgan fingerprint density at radius 3 is 2.79 bits per heavy atom. The van der Waals surface area contributed by atoms with Gasteiger partial charge in [-0.15, -0.1) is 0 Å². The quantitative estimate of drug-likeness (QED) is 0.440. The summed E-state index contributed by atoms with van der Waals surface area (Å²) in [7, 11) is 0. The lowest BCUT2D eigenvalue weighted by Crippen LogP contribution is -2.43. The van der Waals surface area contributed by atoms with Crippen LogP contribution in [0, 0.1) is 5.82 Å². The number of nitrogens with zero attached hydrogens (tertiary/aromatic N) is 3. The number of ether oxygens (including phenoxy) is 1. The highest BCUT2D eigenvalue weighted by Crippen LogP contribution is 2.37. The van der Waals surface area contributed by atoms with Crippen molar-refractivity contribution in [3.05, 3.63) is 58.2 Å². The minimum Gasteiger partial charge on any atom is -0.482 e. The highest BCUT2D eigenvalue weighted by atomic mass is 35.5. The van der Waals surface area contributed by atoms with Gasteiger partial charge in [0.2, 0.25) is 0 Å². The number of hydrogen-bond acceptors (Lipinski definition) is 6. The number of aliphatic hydroxyl groups excluding tert-OH is 1. The Morgan fingerprint density at radius 1 is 1.33 bits per heavy atom. The molecule has 0 spiro atoms. The van der Waals surface area contributed by atoms with Crippen molar-refractivity contribution in [1.82, 2.24) is 20.1 Å². The number of aromatic nitrogens is 3. The maximum Gasteiger partial charge on any atom is 0.291 e. The number of hydrogen-bond donors (Lipinski definition) is 3. The number of pyridine rings is 1. The number of anilines is 1. The average molecular weight is 502 g/mol. The molecule has 1 saturated heterocycles. The van der Waals surface area contributed by atoms with Gasteiger partial charge in [0.1, 0.15) is 18.0 Å². The van der Waals surface area contributed by atoms with Gasteiger partial charge in [-0.05, 0) is 25.1 Å². The molecule has 1 aliphatic heterocycles. The number of nitrogen functional groups attached to an aromatic ring is 1. The van der Waals surface area contributed by atoms with Crippen molar-refractivity contribution in [3.63, 3.8) is 0 Å². The van der Waals surface area contributed by atoms with E-state index in [0.29, 0.717) is 11.1 Å². The Kier molecular flexibility index (Phi) is 6.45. The number of nitrogens with two attached hydrogens (primary N) is 1. The van der Waals surface area contributed by atoms with Crippen LogP contribution in [0.2, 0.25) is 10.0 Å². The summed E-state index contributed by atoms with van der Waals surface area (Å²) in [4.78, 5) is 4.12. The van der Waals surface area contributed by atoms with Gasteiger partial charge in [0.15, 0.2) is 11.6 Å². The molecule has 176 valence electrons. The lowest BCUT2D eigenvalue weighted by Gasteiger charge is -2.20. The third kappa shape index (κ3) is 4.61. The number of halogens is 5. The van der Waals surface area contributed by atoms with Crippen LogP contribution >= 0.6 is 23.2 Å². The molecule has 0 saturated carbocycles. The summed E-state index contributed by atoms with van der Waals surface area (Å²) in [6.45, 7) is 1.31. The van der Waals surface area contributed by atoms with Crippen molar-refractivity contribution in [2.75, 3.05) is 12.3 Å². The Balaban J connectivity index is 1.54. The molecule has 1 aliphatic rings. The summed E-state index contributed by atoms with van der Waals surface area (Å²) in [6.07, 6.45) is 2.07. The molecule has 1 aromatic carbocycles. The number of rotatable bonds is 6. The zero-order chi connectivity index (χ0) is 23.9. The minimum atomic E-state index is -3.26. The Hall–Kier alpha value is -2.53. The van der Waals surface area contributed by atoms with E-state index >= 15 is 0 Å². The number of benzene rings is 1. The molecule has 7 nitrogen and oxygen atoms in total. The zero-order valence-corrected chi connectivity index (χ0v) is 18.8. The van der Waals surface area contributed by atoms with Crippen LogP contribution < -0.4 is 15.8 Å². The van der Waals surface area contributed by atoms with Gasteiger partial charge in [-0.25, -0.2) is 18.2 Å². The first-order valence-corrected chi connectivity index (χ1v) is 10.7. The fourth-order valence-corrected chi connectivity index (χ4v) is 4.29. The van der Waals surface area contributed by atoms with Gasteiger partial charge >= 0.3 is 0 Å². The molecule has 0 bridgehead atoms. The third-order valence-corrected chi connectivity index (χ3v) is 6.19. The molecule has 4 N–H and O–H groups in total. The second-order valence-corrected chi connectivity index (χ2v) is 8.51. The summed E-state index contributed by atoms with van der Waals surface area (Å²) < 4.78 is 49.2. The zero-order valence-electron chi connectivity index (χ0n) is 17.3. The van der Waals surface area contributed by atoms with Crippen molar-refractivity contribution in [2.45, 2.75) is 37.6 Å². The number of aliphatic hydroxyl groups is 1. The maximum atomic E-state index is 14.0. The van der Waals surface area contributed by atoms with Crippen molar-refractivity contribution in [2.24, 2.45) is 0 Å². The molecule has 4 rings (SSSR count). The predicted molar refractivity (Wildman–Crippen MR) is 118 cm³/mol. The molecule has 2 aromatic heterocycles. The van der Waals surface area contributed by atoms with Crippen LogP contribution in [0.15, 0.2) is 36.8 Å². The first-order valence-electron chi connectivity index (χ1n) is 9.95. The highest BCUT2D eigenvalue weighted by Gasteiger charge is 2.51. The maximum absolute atomic E-state index is 14.0. The largest absolute Gasteiger partial charge is 0.482 e. The fourth-order valence-electron chi connectivity index (χ4n) is 3.62. The smallest absolute Gasteiger partial charge is 0.291 e. The Bertz CT molecular complexity index is 1180. The summed E-state index contributed by atoms with van der Waals surface area (Å²) in [5, 5.41) is 16.2. The van der Waals surface area contributed by atoms with Crippen LogP contribution in [0.25, 0.3) is 11.1 Å². The van der Waals surface area contributed by atoms with Gasteiger partial charge in [0.05, 0.1) is 23.8 Å². The molecular weight excluding hydrogens is 482 g/mol. The van der Waals surface area contributed by atoms with Crippen LogP contribution in [0.4, 0.5) is 19.0 Å². The van der Waals surface area contributed by atoms with Crippen LogP contribution in [0.5, 0.6) is 5.75 Å². The lowest BCUT2D eigenvalue weighted by atomic mass is 10.1. The SMILES string of the molecule is C[C@@H](Oc1cc(-c2cnn(C[C@@H]3NC[C@@H](O)C3(F)F)c2)cnc1N)c1c(Cl)ccc(F)c1Cl. The van der Waals surface area contributed by atoms with Crippen molar-refractivity contribution in [1.29, 1.82) is 0 Å². The van der Waals surface area contributed by atoms with Crippen LogP contribution in [0.3, 0.4) is 0 Å². The average Bonchev–Trinajstić information content (AvgIpc) is 3.33. The second kappa shape index (κ2) is 9.02. The Morgan fingerprint density at radius 2 is 2.09 bits per heavy atom. The molecule has 1 fully saturated rings. The summed E-state index contributed by atoms with van der Waals surface area (Å²) in [6, 6.07) is 2.90. The molecule has 0 aliphatic carbocycles. The number of nitrogens with one attached hydrogen (secondary N) is 1. The number of alkyl halides is 2. The van der Waals surface area contributed by atoms with Crippen LogP contribution in [0.1, 0.15) is 18.6 Å². The van der Waals surface area contributed by atoms with E-state index in [1.165, 1.54) is 23.1 Å². The normalized spacial score (nSPS) is 20.7. The lowest BCUT2D eigenvalue weighted by molar-refractivity contribution is -0.0963. The van der Waals surface area contributed by atoms with E-state index < -0.39 is 30.0 Å². The van der Waals surface area contributed by atoms with Crippen molar-refractivity contribution < 1.29 is 23.0 Å². The molecule has 3 heterocycles. The van der Waals surface area contributed by atoms with E-state index in [1.54, 1.807) is 19.2 Å². The van der Waals surface area contributed by atoms with E-state index in [-0.39, 0.29) is 40.3 Å². The van der Waals surface area contributed by atoms with Crippen molar-refractivity contribution >= 4 is 29.0 Å². The molecular formula is C21H20Cl2F3N5O2. The molecule has 12 heteroatoms. The van der Waals surface area contributed by atoms with Crippen LogP contribution in [-0.4, -0.2) is 44.5 Å². The summed E-state index contributed by atoms with van der Waals surface area (Å²) in [5.41, 5.74) is 7.37. The monoisotopic (exact) mass is 501 g/mol. The molecule has 0 radical (unpaired) electrons. The van der Waals surface area contributed by atoms with Crippen molar-refractivity contribution in [3.8, 4) is 16.9 Å². The first kappa shape index (κ1) is 23.6. The molecule has 3 atom stereocenters. The summed E-state index contributed by atoms with van der Waals surface area (Å²) in [5.74, 6) is -3.60. The van der Waals surface area contributed by atoms with Gasteiger partial charge < -0.3 is 20.9 Å². The number of β-amino-alcohol motifs (C(OH)–C–C–N with tert-alkyl or cyclic N) is 1. The van der Waals surface area contributed by atoms with Gasteiger partial charge in [0.25, 0.3) is 5.92 Å². The van der Waals surface area contributed by atoms with Gasteiger partial charge in [-0.3, -0.25) is 4.68 Å². The van der Waals surface area contributed by atoms with E-state index in [9.17, 15) is 18.3 Å². The minimum absolute atomic E-state index is 0.0884. The molecule has 3 aromatic rings. The molecule has 0 unspecified atom stereocenters. The highest BCUT2D eigenvalue weighted by molar-refractivity contribution is 6.36. The van der Waals surface area contributed by atoms with E-state index in [0.717, 1.165) is 6.07 Å². The second-order valence-electron chi connectivity index (χ2n) is 7.73. The standard InChI is InChI=1S/C21H20Cl2F3N5O2/c1-10(18-13(22)2-3-14(24)19(18)23)33-15-4-11(5-29-20(15)27)12-6-30-31(8-12)9-16-21(25,26)17(32)7-28-16/h2-6,8,10,16-17,28,32H,7,9H2,1H3,(H2,27,29)/t10-,16+,17-/m1/s1. The molecule has 33 heavy (non-hydrogen) atoms.